The van der Waals surface area contributed by atoms with Gasteiger partial charge >= 0.3 is 23.7 Å². The lowest BCUT2D eigenvalue weighted by Gasteiger charge is -2.10. The number of fused-ring (bicyclic) bond motifs is 2. The van der Waals surface area contributed by atoms with Crippen LogP contribution in [0, 0.1) is 17.5 Å². The van der Waals surface area contributed by atoms with Crippen LogP contribution in [-0.2, 0) is 63.0 Å². The van der Waals surface area contributed by atoms with Crippen LogP contribution < -0.4 is 33.1 Å². The maximum absolute atomic E-state index is 14.2. The molecule has 0 fully saturated rings. The highest BCUT2D eigenvalue weighted by Gasteiger charge is 2.36. The summed E-state index contributed by atoms with van der Waals surface area (Å²) in [6.07, 6.45) is -10.4. The van der Waals surface area contributed by atoms with Crippen molar-refractivity contribution in [3.63, 3.8) is 0 Å². The molecule has 0 bridgehead atoms. The first-order chi connectivity index (χ1) is 31.3. The smallest absolute Gasteiger partial charge is 0.302 e. The molecule has 0 radical (unpaired) electrons. The Hall–Kier alpha value is -6.85. The van der Waals surface area contributed by atoms with Crippen molar-refractivity contribution < 1.29 is 49.1 Å². The zero-order valence-corrected chi connectivity index (χ0v) is 37.3. The molecule has 0 spiro atoms. The molecule has 2 aromatic carbocycles. The first-order valence-corrected chi connectivity index (χ1v) is 21.7. The fourth-order valence-corrected chi connectivity index (χ4v) is 9.47. The summed E-state index contributed by atoms with van der Waals surface area (Å²) in [4.78, 5) is 82.6. The van der Waals surface area contributed by atoms with Crippen molar-refractivity contribution in [2.75, 3.05) is 10.6 Å². The molecule has 0 aliphatic carbocycles. The zero-order chi connectivity index (χ0) is 49.0. The van der Waals surface area contributed by atoms with Gasteiger partial charge in [0.2, 0.25) is 11.8 Å². The van der Waals surface area contributed by atoms with Crippen LogP contribution in [0.1, 0.15) is 22.5 Å². The minimum atomic E-state index is -5.06. The molecule has 29 heteroatoms. The molecule has 0 aliphatic rings. The molecule has 6 aromatic heterocycles. The number of aromatic nitrogens is 8. The Morgan fingerprint density at radius 2 is 1.10 bits per heavy atom. The number of rotatable bonds is 8. The second kappa shape index (κ2) is 18.1. The third kappa shape index (κ3) is 9.56. The molecule has 8 aromatic rings. The molecule has 0 aliphatic heterocycles. The van der Waals surface area contributed by atoms with E-state index >= 15 is 0 Å². The van der Waals surface area contributed by atoms with Gasteiger partial charge in [-0.05, 0) is 53.4 Å². The normalized spacial score (nSPS) is 11.8. The first-order valence-electron chi connectivity index (χ1n) is 18.4. The molecule has 16 nitrogen and oxygen atoms in total. The number of halogens is 9. The number of nitrogens with zero attached hydrogens (tertiary/aromatic N) is 8. The maximum atomic E-state index is 14.2. The summed E-state index contributed by atoms with van der Waals surface area (Å²) in [7, 11) is 5.57. The van der Waals surface area contributed by atoms with E-state index in [1.807, 2.05) is 0 Å². The van der Waals surface area contributed by atoms with Crippen LogP contribution in [0.3, 0.4) is 0 Å². The molecule has 350 valence electrons. The molecule has 0 atom stereocenters. The Balaban J connectivity index is 0.000000199. The summed E-state index contributed by atoms with van der Waals surface area (Å²) in [5.74, 6) is -6.04. The third-order valence-electron chi connectivity index (χ3n) is 9.63. The van der Waals surface area contributed by atoms with Crippen LogP contribution in [0.15, 0.2) is 60.3 Å². The van der Waals surface area contributed by atoms with Gasteiger partial charge in [-0.2, -0.15) is 35.1 Å². The molecular weight excluding hydrogens is 992 g/mol. The van der Waals surface area contributed by atoms with Crippen LogP contribution in [0.25, 0.3) is 42.9 Å². The van der Waals surface area contributed by atoms with Crippen molar-refractivity contribution >= 4 is 88.2 Å². The fourth-order valence-electron chi connectivity index (χ4n) is 6.31. The number of benzene rings is 2. The van der Waals surface area contributed by atoms with Crippen molar-refractivity contribution in [3.05, 3.63) is 123 Å². The largest absolute Gasteiger partial charge is 0.419 e. The van der Waals surface area contributed by atoms with Gasteiger partial charge in [0.15, 0.2) is 21.9 Å². The van der Waals surface area contributed by atoms with E-state index in [1.54, 1.807) is 0 Å². The number of hydrogen-bond acceptors (Lipinski definition) is 14. The van der Waals surface area contributed by atoms with Crippen LogP contribution in [-0.4, -0.2) is 48.8 Å². The number of carbonyl (C=O) groups excluding carboxylic acids is 2. The third-order valence-corrected chi connectivity index (χ3v) is 13.1. The lowest BCUT2D eigenvalue weighted by Crippen LogP contribution is -2.36. The number of amides is 2. The van der Waals surface area contributed by atoms with Gasteiger partial charge < -0.3 is 10.6 Å². The van der Waals surface area contributed by atoms with E-state index in [0.29, 0.717) is 21.8 Å². The molecule has 6 heterocycles. The van der Waals surface area contributed by atoms with Crippen LogP contribution in [0.4, 0.5) is 49.8 Å². The number of thiazole rings is 2. The van der Waals surface area contributed by atoms with Gasteiger partial charge in [-0.1, -0.05) is 0 Å². The second-order valence-corrected chi connectivity index (χ2v) is 17.3. The van der Waals surface area contributed by atoms with E-state index in [0.717, 1.165) is 73.1 Å². The minimum Gasteiger partial charge on any atom is -0.302 e. The number of alkyl halides is 6. The Bertz CT molecular complexity index is 3550. The number of hydrogen-bond donors (Lipinski definition) is 2. The Morgan fingerprint density at radius 1 is 0.627 bits per heavy atom. The summed E-state index contributed by atoms with van der Waals surface area (Å²) in [6.45, 7) is 0. The topological polar surface area (TPSA) is 198 Å². The van der Waals surface area contributed by atoms with Gasteiger partial charge in [0, 0.05) is 50.1 Å². The van der Waals surface area contributed by atoms with E-state index in [9.17, 15) is 68.3 Å². The predicted octanol–water partition coefficient (Wildman–Crippen LogP) is 6.45. The summed E-state index contributed by atoms with van der Waals surface area (Å²) < 4.78 is 131. The van der Waals surface area contributed by atoms with Crippen LogP contribution in [0.2, 0.25) is 0 Å². The highest BCUT2D eigenvalue weighted by atomic mass is 32.1. The molecule has 67 heavy (non-hydrogen) atoms. The average molecular weight is 1020 g/mol. The van der Waals surface area contributed by atoms with Crippen molar-refractivity contribution in [1.82, 2.24) is 37.0 Å². The van der Waals surface area contributed by atoms with Crippen molar-refractivity contribution in [1.29, 1.82) is 0 Å². The number of nitrogens with one attached hydrogen (secondary N) is 2. The molecule has 0 unspecified atom stereocenters. The summed E-state index contributed by atoms with van der Waals surface area (Å²) in [6, 6.07) is 3.23. The molecule has 0 saturated heterocycles. The fraction of sp³-hybridized carbons (Fsp3) is 0.211. The molecule has 0 saturated carbocycles. The van der Waals surface area contributed by atoms with Gasteiger partial charge in [0.25, 0.3) is 11.1 Å². The molecule has 2 N–H and O–H groups in total. The van der Waals surface area contributed by atoms with Crippen LogP contribution >= 0.6 is 45.7 Å². The van der Waals surface area contributed by atoms with Crippen molar-refractivity contribution in [3.8, 4) is 22.5 Å². The van der Waals surface area contributed by atoms with Gasteiger partial charge in [-0.15, -0.1) is 22.7 Å². The maximum Gasteiger partial charge on any atom is 0.419 e. The van der Waals surface area contributed by atoms with Crippen LogP contribution in [0.5, 0.6) is 0 Å². The Labute approximate surface area is 382 Å². The van der Waals surface area contributed by atoms with E-state index < -0.39 is 80.8 Å². The van der Waals surface area contributed by atoms with E-state index in [2.05, 4.69) is 29.3 Å². The average Bonchev–Trinajstić information content (AvgIpc) is 4.09. The molecule has 2 amide bonds. The highest BCUT2D eigenvalue weighted by Crippen LogP contribution is 2.37. The highest BCUT2D eigenvalue weighted by molar-refractivity contribution is 7.14. The zero-order valence-electron chi connectivity index (χ0n) is 34.0. The molecular formula is C38H25F9N10O6S4. The Kier molecular flexibility index (Phi) is 13.0. The van der Waals surface area contributed by atoms with Crippen molar-refractivity contribution in [2.45, 2.75) is 25.2 Å². The Morgan fingerprint density at radius 3 is 1.58 bits per heavy atom. The molecule has 8 rings (SSSR count). The van der Waals surface area contributed by atoms with E-state index in [-0.39, 0.29) is 62.2 Å². The first kappa shape index (κ1) is 48.1. The standard InChI is InChI=1S/C19H12F5N5O3S2.C19H13F4N5O3S2/c1-28-15(31)12-9(27-34-16(12)29(2)18(28)32)5-11(30)26-17-25-10(6-33-17)7-3-4-8(19(22,23)24)14(21)13(7)20;1-27-15(30)14-11(26-33-16(14)28(2)18(27)31)6-13(29)25-17-24-12(7-32-17)8-3-9(19(21,22)23)5-10(20)4-8/h3-4,6H,5H2,1-2H3,(H,25,26,30);3-5,7H,6H2,1-2H3,(H,24,25,29). The van der Waals surface area contributed by atoms with Gasteiger partial charge in [0.1, 0.15) is 15.5 Å². The number of aryl methyl sites for hydroxylation is 2. The minimum absolute atomic E-state index is 0.0282. The number of carbonyl (C=O) groups is 2. The lowest BCUT2D eigenvalue weighted by molar-refractivity contribution is -0.140. The quantitative estimate of drug-likeness (QED) is 0.160. The summed E-state index contributed by atoms with van der Waals surface area (Å²) in [5.41, 5.74) is -5.52. The monoisotopic (exact) mass is 1020 g/mol. The van der Waals surface area contributed by atoms with Gasteiger partial charge in [-0.25, -0.2) is 32.7 Å². The SMILES string of the molecule is Cn1c(=O)c2c(CC(=O)Nc3nc(-c4cc(F)cc(C(F)(F)F)c4)cs3)nsc2n(C)c1=O.Cn1c(=O)c2c(CC(=O)Nc3nc(-c4ccc(C(F)(F)F)c(F)c4F)cs3)nsc2n(C)c1=O. The summed E-state index contributed by atoms with van der Waals surface area (Å²) in [5, 5.41) is 7.86. The predicted molar refractivity (Wildman–Crippen MR) is 230 cm³/mol. The van der Waals surface area contributed by atoms with Gasteiger partial charge in [-0.3, -0.25) is 37.4 Å². The van der Waals surface area contributed by atoms with E-state index in [4.69, 9.17) is 0 Å². The lowest BCUT2D eigenvalue weighted by atomic mass is 10.1. The van der Waals surface area contributed by atoms with E-state index in [1.165, 1.54) is 48.1 Å². The summed E-state index contributed by atoms with van der Waals surface area (Å²) >= 11 is 3.58. The van der Waals surface area contributed by atoms with Gasteiger partial charge in [0.05, 0.1) is 57.5 Å². The number of anilines is 2. The second-order valence-electron chi connectivity index (χ2n) is 14.1. The van der Waals surface area contributed by atoms with Crippen molar-refractivity contribution in [2.24, 2.45) is 28.2 Å².